The molecule has 6 heteroatoms. The molecule has 1 amide bonds. The summed E-state index contributed by atoms with van der Waals surface area (Å²) in [5.41, 5.74) is 7.18. The molecule has 0 aliphatic carbocycles. The minimum atomic E-state index is -0.0761. The summed E-state index contributed by atoms with van der Waals surface area (Å²) in [5.74, 6) is 2.14. The Hall–Kier alpha value is -3.64. The van der Waals surface area contributed by atoms with E-state index in [1.54, 1.807) is 0 Å². The zero-order chi connectivity index (χ0) is 23.7. The molecule has 34 heavy (non-hydrogen) atoms. The maximum absolute atomic E-state index is 12.7. The fourth-order valence-corrected chi connectivity index (χ4v) is 4.75. The molecule has 0 saturated heterocycles. The summed E-state index contributed by atoms with van der Waals surface area (Å²) in [7, 11) is 0. The average molecular weight is 468 g/mol. The van der Waals surface area contributed by atoms with Crippen LogP contribution in [0.5, 0.6) is 11.6 Å². The zero-order valence-corrected chi connectivity index (χ0v) is 20.2. The highest BCUT2D eigenvalue weighted by Crippen LogP contribution is 2.40. The van der Waals surface area contributed by atoms with Crippen molar-refractivity contribution in [3.63, 3.8) is 0 Å². The highest BCUT2D eigenvalue weighted by atomic mass is 32.2. The van der Waals surface area contributed by atoms with Crippen LogP contribution in [0, 0.1) is 20.8 Å². The van der Waals surface area contributed by atoms with Crippen molar-refractivity contribution in [3.8, 4) is 23.0 Å². The van der Waals surface area contributed by atoms with Gasteiger partial charge < -0.3 is 10.1 Å². The first kappa shape index (κ1) is 22.2. The smallest absolute Gasteiger partial charge is 0.234 e. The van der Waals surface area contributed by atoms with Crippen LogP contribution in [-0.2, 0) is 11.2 Å². The van der Waals surface area contributed by atoms with E-state index in [0.717, 1.165) is 38.7 Å². The van der Waals surface area contributed by atoms with Crippen LogP contribution < -0.4 is 10.1 Å². The van der Waals surface area contributed by atoms with E-state index in [0.29, 0.717) is 18.1 Å². The molecule has 0 fully saturated rings. The van der Waals surface area contributed by atoms with Crippen molar-refractivity contribution < 1.29 is 9.53 Å². The highest BCUT2D eigenvalue weighted by molar-refractivity contribution is 8.00. The van der Waals surface area contributed by atoms with Gasteiger partial charge in [0.1, 0.15) is 10.8 Å². The standard InChI is InChI=1S/C28H25N3O2S/c1-17-7-10-20(11-8-17)26-30-27-23(15-21-13-19(3)9-12-24(21)33-27)28(31-26)34-16-25(32)29-22-6-4-5-18(2)14-22/h4-14H,15-16H2,1-3H3,(H,29,32). The molecule has 5 nitrogen and oxygen atoms in total. The summed E-state index contributed by atoms with van der Waals surface area (Å²) >= 11 is 1.41. The molecule has 0 bridgehead atoms. The van der Waals surface area contributed by atoms with Gasteiger partial charge in [-0.3, -0.25) is 4.79 Å². The topological polar surface area (TPSA) is 64.1 Å². The summed E-state index contributed by atoms with van der Waals surface area (Å²) in [6.45, 7) is 6.12. The first-order valence-corrected chi connectivity index (χ1v) is 12.2. The summed E-state index contributed by atoms with van der Waals surface area (Å²) < 4.78 is 6.21. The molecule has 0 atom stereocenters. The molecule has 4 aromatic rings. The Balaban J connectivity index is 1.45. The normalized spacial score (nSPS) is 11.9. The number of nitrogens with one attached hydrogen (secondary N) is 1. The number of nitrogens with zero attached hydrogens (tertiary/aromatic N) is 2. The number of benzene rings is 3. The molecule has 0 saturated carbocycles. The van der Waals surface area contributed by atoms with Gasteiger partial charge in [0.15, 0.2) is 5.82 Å². The monoisotopic (exact) mass is 467 g/mol. The molecule has 0 radical (unpaired) electrons. The molecular formula is C28H25N3O2S. The largest absolute Gasteiger partial charge is 0.438 e. The van der Waals surface area contributed by atoms with Gasteiger partial charge in [-0.05, 0) is 50.1 Å². The van der Waals surface area contributed by atoms with Crippen molar-refractivity contribution >= 4 is 23.4 Å². The lowest BCUT2D eigenvalue weighted by atomic mass is 10.0. The summed E-state index contributed by atoms with van der Waals surface area (Å²) in [5, 5.41) is 3.74. The highest BCUT2D eigenvalue weighted by Gasteiger charge is 2.25. The van der Waals surface area contributed by atoms with Crippen molar-refractivity contribution in [2.45, 2.75) is 32.2 Å². The maximum atomic E-state index is 12.7. The number of ether oxygens (including phenoxy) is 1. The molecule has 1 aromatic heterocycles. The van der Waals surface area contributed by atoms with Crippen molar-refractivity contribution in [2.24, 2.45) is 0 Å². The van der Waals surface area contributed by atoms with E-state index >= 15 is 0 Å². The van der Waals surface area contributed by atoms with Gasteiger partial charge in [0.25, 0.3) is 0 Å². The van der Waals surface area contributed by atoms with E-state index in [2.05, 4.69) is 18.3 Å². The van der Waals surface area contributed by atoms with Crippen LogP contribution >= 0.6 is 11.8 Å². The number of rotatable bonds is 5. The number of carbonyl (C=O) groups excluding carboxylic acids is 1. The van der Waals surface area contributed by atoms with E-state index in [4.69, 9.17) is 14.7 Å². The van der Waals surface area contributed by atoms with E-state index in [1.807, 2.05) is 74.5 Å². The van der Waals surface area contributed by atoms with Crippen LogP contribution in [0.15, 0.2) is 71.8 Å². The quantitative estimate of drug-likeness (QED) is 0.236. The summed E-state index contributed by atoms with van der Waals surface area (Å²) in [4.78, 5) is 22.3. The third kappa shape index (κ3) is 4.82. The SMILES string of the molecule is Cc1ccc(-c2nc3c(c(SCC(=O)Nc4cccc(C)c4)n2)Cc2cc(C)ccc2O3)cc1. The first-order chi connectivity index (χ1) is 16.4. The van der Waals surface area contributed by atoms with Gasteiger partial charge in [-0.25, -0.2) is 4.98 Å². The van der Waals surface area contributed by atoms with Gasteiger partial charge >= 0.3 is 0 Å². The lowest BCUT2D eigenvalue weighted by Crippen LogP contribution is -2.15. The molecule has 1 aliphatic rings. The second kappa shape index (κ2) is 9.31. The van der Waals surface area contributed by atoms with Gasteiger partial charge in [-0.1, -0.05) is 71.4 Å². The molecule has 170 valence electrons. The molecule has 0 unspecified atom stereocenters. The number of hydrogen-bond donors (Lipinski definition) is 1. The minimum absolute atomic E-state index is 0.0761. The van der Waals surface area contributed by atoms with Crippen molar-refractivity contribution in [1.29, 1.82) is 0 Å². The van der Waals surface area contributed by atoms with Gasteiger partial charge in [0.2, 0.25) is 11.8 Å². The number of aryl methyl sites for hydroxylation is 3. The van der Waals surface area contributed by atoms with Gasteiger partial charge in [0.05, 0.1) is 11.3 Å². The van der Waals surface area contributed by atoms with Crippen LogP contribution in [0.2, 0.25) is 0 Å². The van der Waals surface area contributed by atoms with Gasteiger partial charge in [-0.15, -0.1) is 0 Å². The van der Waals surface area contributed by atoms with Crippen LogP contribution in [0.3, 0.4) is 0 Å². The number of fused-ring (bicyclic) bond motifs is 2. The predicted molar refractivity (Wildman–Crippen MR) is 137 cm³/mol. The van der Waals surface area contributed by atoms with Crippen molar-refractivity contribution in [3.05, 3.63) is 94.5 Å². The minimum Gasteiger partial charge on any atom is -0.438 e. The van der Waals surface area contributed by atoms with Crippen molar-refractivity contribution in [1.82, 2.24) is 9.97 Å². The lowest BCUT2D eigenvalue weighted by Gasteiger charge is -2.22. The van der Waals surface area contributed by atoms with Crippen LogP contribution in [0.1, 0.15) is 27.8 Å². The fourth-order valence-electron chi connectivity index (χ4n) is 3.92. The first-order valence-electron chi connectivity index (χ1n) is 11.2. The third-order valence-electron chi connectivity index (χ3n) is 5.67. The zero-order valence-electron chi connectivity index (χ0n) is 19.4. The molecule has 5 rings (SSSR count). The molecule has 2 heterocycles. The lowest BCUT2D eigenvalue weighted by molar-refractivity contribution is -0.113. The Morgan fingerprint density at radius 3 is 2.50 bits per heavy atom. The third-order valence-corrected chi connectivity index (χ3v) is 6.69. The van der Waals surface area contributed by atoms with Gasteiger partial charge in [-0.2, -0.15) is 4.98 Å². The van der Waals surface area contributed by atoms with E-state index in [-0.39, 0.29) is 11.7 Å². The Bertz CT molecular complexity index is 1380. The number of carbonyl (C=O) groups is 1. The molecule has 0 spiro atoms. The molecule has 1 N–H and O–H groups in total. The number of aromatic nitrogens is 2. The second-order valence-corrected chi connectivity index (χ2v) is 9.56. The maximum Gasteiger partial charge on any atom is 0.234 e. The number of anilines is 1. The fraction of sp³-hybridized carbons (Fsp3) is 0.179. The number of hydrogen-bond acceptors (Lipinski definition) is 5. The number of amides is 1. The molecule has 3 aromatic carbocycles. The Morgan fingerprint density at radius 2 is 1.71 bits per heavy atom. The Morgan fingerprint density at radius 1 is 0.941 bits per heavy atom. The second-order valence-electron chi connectivity index (χ2n) is 8.60. The van der Waals surface area contributed by atoms with Crippen LogP contribution in [0.25, 0.3) is 11.4 Å². The van der Waals surface area contributed by atoms with E-state index < -0.39 is 0 Å². The summed E-state index contributed by atoms with van der Waals surface area (Å²) in [6.07, 6.45) is 0.669. The number of thioether (sulfide) groups is 1. The van der Waals surface area contributed by atoms with E-state index in [9.17, 15) is 4.79 Å². The Kier molecular flexibility index (Phi) is 6.07. The molecule has 1 aliphatic heterocycles. The molecular weight excluding hydrogens is 442 g/mol. The Labute approximate surface area is 203 Å². The summed E-state index contributed by atoms with van der Waals surface area (Å²) in [6, 6.07) is 22.0. The van der Waals surface area contributed by atoms with E-state index in [1.165, 1.54) is 22.9 Å². The van der Waals surface area contributed by atoms with Crippen LogP contribution in [-0.4, -0.2) is 21.6 Å². The predicted octanol–water partition coefficient (Wildman–Crippen LogP) is 6.50. The average Bonchev–Trinajstić information content (AvgIpc) is 2.81. The van der Waals surface area contributed by atoms with Crippen molar-refractivity contribution in [2.75, 3.05) is 11.1 Å². The van der Waals surface area contributed by atoms with Crippen LogP contribution in [0.4, 0.5) is 5.69 Å². The van der Waals surface area contributed by atoms with Gasteiger partial charge in [0, 0.05) is 17.7 Å².